The van der Waals surface area contributed by atoms with E-state index in [1.54, 1.807) is 0 Å². The zero-order chi connectivity index (χ0) is 15.2. The Bertz CT molecular complexity index is 1000. The summed E-state index contributed by atoms with van der Waals surface area (Å²) in [4.78, 5) is 6.03. The van der Waals surface area contributed by atoms with Crippen LogP contribution < -0.4 is 0 Å². The van der Waals surface area contributed by atoms with Gasteiger partial charge in [0.25, 0.3) is 0 Å². The molecule has 0 radical (unpaired) electrons. The van der Waals surface area contributed by atoms with Gasteiger partial charge in [0.1, 0.15) is 11.0 Å². The molecular weight excluding hydrogens is 288 g/mol. The minimum atomic E-state index is 0.826. The maximum atomic E-state index is 4.87. The van der Waals surface area contributed by atoms with Crippen LogP contribution in [0.1, 0.15) is 16.8 Å². The van der Waals surface area contributed by atoms with Crippen LogP contribution in [-0.4, -0.2) is 26.7 Å². The van der Waals surface area contributed by atoms with E-state index in [1.165, 1.54) is 27.7 Å². The lowest BCUT2D eigenvalue weighted by Gasteiger charge is -2.27. The van der Waals surface area contributed by atoms with Gasteiger partial charge in [-0.05, 0) is 33.6 Å². The molecule has 0 saturated heterocycles. The first-order valence-corrected chi connectivity index (χ1v) is 7.89. The monoisotopic (exact) mass is 304 g/mol. The highest BCUT2D eigenvalue weighted by Gasteiger charge is 2.21. The predicted octanol–water partition coefficient (Wildman–Crippen LogP) is 3.26. The van der Waals surface area contributed by atoms with Crippen molar-refractivity contribution >= 4 is 21.9 Å². The summed E-state index contributed by atoms with van der Waals surface area (Å²) in [5.41, 5.74) is 6.92. The molecule has 0 spiro atoms. The Labute approximate surface area is 132 Å². The van der Waals surface area contributed by atoms with Crippen molar-refractivity contribution in [3.8, 4) is 0 Å². The van der Waals surface area contributed by atoms with Crippen molar-refractivity contribution in [2.24, 2.45) is 0 Å². The van der Waals surface area contributed by atoms with Crippen LogP contribution in [0.25, 0.3) is 21.9 Å². The van der Waals surface area contributed by atoms with E-state index in [0.29, 0.717) is 0 Å². The first-order chi connectivity index (χ1) is 11.4. The summed E-state index contributed by atoms with van der Waals surface area (Å²) < 4.78 is 4.87. The number of nitrogens with zero attached hydrogens (tertiary/aromatic N) is 3. The molecule has 0 saturated carbocycles. The van der Waals surface area contributed by atoms with Gasteiger partial charge in [-0.25, -0.2) is 4.63 Å². The number of para-hydroxylation sites is 1. The molecule has 1 aliphatic rings. The van der Waals surface area contributed by atoms with Gasteiger partial charge in [-0.2, -0.15) is 0 Å². The molecule has 2 aromatic heterocycles. The Morgan fingerprint density at radius 1 is 1.09 bits per heavy atom. The van der Waals surface area contributed by atoms with Gasteiger partial charge in [-0.3, -0.25) is 4.90 Å². The highest BCUT2D eigenvalue weighted by molar-refractivity contribution is 5.84. The van der Waals surface area contributed by atoms with E-state index in [4.69, 9.17) is 4.63 Å². The van der Waals surface area contributed by atoms with Gasteiger partial charge in [-0.1, -0.05) is 30.3 Å². The number of H-pyrrole nitrogens is 1. The largest absolute Gasteiger partial charge is 0.358 e. The fraction of sp³-hybridized carbons (Fsp3) is 0.222. The minimum Gasteiger partial charge on any atom is -0.358 e. The van der Waals surface area contributed by atoms with Crippen molar-refractivity contribution in [3.05, 3.63) is 59.3 Å². The third kappa shape index (κ3) is 2.04. The molecule has 1 aliphatic heterocycles. The summed E-state index contributed by atoms with van der Waals surface area (Å²) >= 11 is 0. The Balaban J connectivity index is 1.48. The Hall–Kier alpha value is -2.66. The van der Waals surface area contributed by atoms with Gasteiger partial charge in [0.15, 0.2) is 0 Å². The molecule has 0 amide bonds. The molecular formula is C18H16N4O. The summed E-state index contributed by atoms with van der Waals surface area (Å²) in [6, 6.07) is 14.6. The van der Waals surface area contributed by atoms with Gasteiger partial charge in [0.05, 0.1) is 0 Å². The van der Waals surface area contributed by atoms with E-state index in [0.717, 1.165) is 37.1 Å². The molecule has 1 N–H and O–H groups in total. The third-order valence-corrected chi connectivity index (χ3v) is 4.73. The van der Waals surface area contributed by atoms with Crippen LogP contribution in [0.2, 0.25) is 0 Å². The molecule has 5 heteroatoms. The Kier molecular flexibility index (Phi) is 2.75. The number of aromatic amines is 1. The number of fused-ring (bicyclic) bond motifs is 4. The second-order valence-corrected chi connectivity index (χ2v) is 6.14. The van der Waals surface area contributed by atoms with Crippen LogP contribution >= 0.6 is 0 Å². The van der Waals surface area contributed by atoms with Crippen molar-refractivity contribution in [2.45, 2.75) is 19.5 Å². The normalized spacial score (nSPS) is 15.3. The number of aromatic nitrogens is 3. The zero-order valence-corrected chi connectivity index (χ0v) is 12.6. The molecule has 3 heterocycles. The average Bonchev–Trinajstić information content (AvgIpc) is 3.19. The molecule has 23 heavy (non-hydrogen) atoms. The fourth-order valence-electron chi connectivity index (χ4n) is 3.59. The standard InChI is InChI=1S/C18H16N4O/c1-2-6-15-13(5-1)14-11-22(9-8-16(14)19-15)10-12-4-3-7-17-18(12)21-23-20-17/h1-7,19H,8-11H2. The smallest absolute Gasteiger partial charge is 0.139 e. The van der Waals surface area contributed by atoms with E-state index in [9.17, 15) is 0 Å². The average molecular weight is 304 g/mol. The van der Waals surface area contributed by atoms with Crippen molar-refractivity contribution in [1.82, 2.24) is 20.2 Å². The van der Waals surface area contributed by atoms with E-state index >= 15 is 0 Å². The summed E-state index contributed by atoms with van der Waals surface area (Å²) in [5, 5.41) is 9.32. The number of hydrogen-bond donors (Lipinski definition) is 1. The van der Waals surface area contributed by atoms with E-state index < -0.39 is 0 Å². The molecule has 5 rings (SSSR count). The summed E-state index contributed by atoms with van der Waals surface area (Å²) in [6.07, 6.45) is 1.05. The second kappa shape index (κ2) is 4.93. The van der Waals surface area contributed by atoms with Crippen molar-refractivity contribution in [2.75, 3.05) is 6.54 Å². The van der Waals surface area contributed by atoms with Crippen molar-refractivity contribution < 1.29 is 4.63 Å². The van der Waals surface area contributed by atoms with Crippen molar-refractivity contribution in [3.63, 3.8) is 0 Å². The van der Waals surface area contributed by atoms with E-state index in [2.05, 4.69) is 50.5 Å². The lowest BCUT2D eigenvalue weighted by molar-refractivity contribution is 0.246. The number of nitrogens with one attached hydrogen (secondary N) is 1. The Morgan fingerprint density at radius 2 is 2.04 bits per heavy atom. The first-order valence-electron chi connectivity index (χ1n) is 7.89. The summed E-state index contributed by atoms with van der Waals surface area (Å²) in [7, 11) is 0. The van der Waals surface area contributed by atoms with Crippen LogP contribution in [0.3, 0.4) is 0 Å². The topological polar surface area (TPSA) is 58.0 Å². The molecule has 5 nitrogen and oxygen atoms in total. The van der Waals surface area contributed by atoms with E-state index in [-0.39, 0.29) is 0 Å². The van der Waals surface area contributed by atoms with Crippen LogP contribution in [0.4, 0.5) is 0 Å². The quantitative estimate of drug-likeness (QED) is 0.617. The van der Waals surface area contributed by atoms with Gasteiger partial charge < -0.3 is 4.98 Å². The molecule has 0 unspecified atom stereocenters. The molecule has 0 atom stereocenters. The first kappa shape index (κ1) is 12.8. The maximum Gasteiger partial charge on any atom is 0.139 e. The zero-order valence-electron chi connectivity index (χ0n) is 12.6. The maximum absolute atomic E-state index is 4.87. The fourth-order valence-corrected chi connectivity index (χ4v) is 3.59. The second-order valence-electron chi connectivity index (χ2n) is 6.14. The highest BCUT2D eigenvalue weighted by Crippen LogP contribution is 2.28. The number of hydrogen-bond acceptors (Lipinski definition) is 4. The predicted molar refractivity (Wildman–Crippen MR) is 87.9 cm³/mol. The summed E-state index contributed by atoms with van der Waals surface area (Å²) in [6.45, 7) is 2.87. The van der Waals surface area contributed by atoms with Crippen LogP contribution in [0, 0.1) is 0 Å². The van der Waals surface area contributed by atoms with Gasteiger partial charge in [0.2, 0.25) is 0 Å². The van der Waals surface area contributed by atoms with Crippen molar-refractivity contribution in [1.29, 1.82) is 0 Å². The van der Waals surface area contributed by atoms with Crippen LogP contribution in [0.5, 0.6) is 0 Å². The number of benzene rings is 2. The van der Waals surface area contributed by atoms with Gasteiger partial charge in [0, 0.05) is 42.7 Å². The Morgan fingerprint density at radius 3 is 3.04 bits per heavy atom. The highest BCUT2D eigenvalue weighted by atomic mass is 16.6. The van der Waals surface area contributed by atoms with Crippen LogP contribution in [-0.2, 0) is 19.5 Å². The van der Waals surface area contributed by atoms with Gasteiger partial charge in [-0.15, -0.1) is 0 Å². The third-order valence-electron chi connectivity index (χ3n) is 4.73. The molecule has 0 bridgehead atoms. The van der Waals surface area contributed by atoms with Gasteiger partial charge >= 0.3 is 0 Å². The lowest BCUT2D eigenvalue weighted by atomic mass is 10.0. The molecule has 0 aliphatic carbocycles. The number of rotatable bonds is 2. The molecule has 114 valence electrons. The summed E-state index contributed by atoms with van der Waals surface area (Å²) in [5.74, 6) is 0. The lowest BCUT2D eigenvalue weighted by Crippen LogP contribution is -2.29. The molecule has 0 fully saturated rings. The molecule has 2 aromatic carbocycles. The SMILES string of the molecule is c1cc(CN2CCc3[nH]c4ccccc4c3C2)c2nonc2c1. The minimum absolute atomic E-state index is 0.826. The van der Waals surface area contributed by atoms with E-state index in [1.807, 2.05) is 12.1 Å². The molecule has 4 aromatic rings. The van der Waals surface area contributed by atoms with Crippen LogP contribution in [0.15, 0.2) is 47.1 Å².